The molecule has 15 heteroatoms. The van der Waals surface area contributed by atoms with Gasteiger partial charge in [0.25, 0.3) is 5.91 Å². The highest BCUT2D eigenvalue weighted by atomic mass is 35.5. The van der Waals surface area contributed by atoms with E-state index in [4.69, 9.17) is 37.7 Å². The van der Waals surface area contributed by atoms with Crippen LogP contribution in [0.5, 0.6) is 11.6 Å². The van der Waals surface area contributed by atoms with E-state index in [9.17, 15) is 19.5 Å². The predicted octanol–water partition coefficient (Wildman–Crippen LogP) is 6.08. The van der Waals surface area contributed by atoms with Crippen molar-refractivity contribution in [3.8, 4) is 34.1 Å². The van der Waals surface area contributed by atoms with E-state index >= 15 is 0 Å². The summed E-state index contributed by atoms with van der Waals surface area (Å²) < 4.78 is 11.2. The molecule has 4 heterocycles. The molecule has 0 radical (unpaired) electrons. The molecule has 1 aliphatic heterocycles. The summed E-state index contributed by atoms with van der Waals surface area (Å²) in [6.07, 6.45) is 4.88. The summed E-state index contributed by atoms with van der Waals surface area (Å²) in [6, 6.07) is 12.5. The summed E-state index contributed by atoms with van der Waals surface area (Å²) in [5.41, 5.74) is 3.10. The molecule has 0 unspecified atom stereocenters. The SMILES string of the molecule is COc1cc(C(=O)Nc2cccc(-c3nccc(-c4ccc(CNC5CCN(C(C)=O)CC5)c(OC)n4)c3Cl)c2Cl)ncc1CNCC(C)(C)C(=O)O. The number of methoxy groups -OCH3 is 2. The maximum atomic E-state index is 13.3. The molecule has 2 amide bonds. The highest BCUT2D eigenvalue weighted by Gasteiger charge is 2.27. The Morgan fingerprint density at radius 2 is 1.72 bits per heavy atom. The van der Waals surface area contributed by atoms with Gasteiger partial charge in [-0.3, -0.25) is 24.4 Å². The lowest BCUT2D eigenvalue weighted by atomic mass is 9.94. The second-order valence-electron chi connectivity index (χ2n) is 13.3. The fourth-order valence-corrected chi connectivity index (χ4v) is 6.48. The van der Waals surface area contributed by atoms with Gasteiger partial charge in [0.05, 0.1) is 46.8 Å². The van der Waals surface area contributed by atoms with Crippen molar-refractivity contribution in [2.75, 3.05) is 39.2 Å². The van der Waals surface area contributed by atoms with E-state index in [1.807, 2.05) is 17.0 Å². The molecule has 1 aliphatic rings. The van der Waals surface area contributed by atoms with Crippen molar-refractivity contribution in [3.05, 3.63) is 81.7 Å². The summed E-state index contributed by atoms with van der Waals surface area (Å²) >= 11 is 13.8. The average molecular weight is 765 g/mol. The Hall–Kier alpha value is -4.82. The van der Waals surface area contributed by atoms with Crippen molar-refractivity contribution in [1.82, 2.24) is 30.5 Å². The van der Waals surface area contributed by atoms with Crippen LogP contribution in [0.15, 0.2) is 54.9 Å². The minimum atomic E-state index is -0.957. The lowest BCUT2D eigenvalue weighted by molar-refractivity contribution is -0.146. The first kappa shape index (κ1) is 39.4. The van der Waals surface area contributed by atoms with Gasteiger partial charge in [0.2, 0.25) is 11.8 Å². The van der Waals surface area contributed by atoms with E-state index < -0.39 is 17.3 Å². The maximum Gasteiger partial charge on any atom is 0.310 e. The zero-order chi connectivity index (χ0) is 38.3. The van der Waals surface area contributed by atoms with E-state index in [1.54, 1.807) is 58.3 Å². The number of hydrogen-bond acceptors (Lipinski definition) is 10. The van der Waals surface area contributed by atoms with E-state index in [0.29, 0.717) is 63.5 Å². The zero-order valence-corrected chi connectivity index (χ0v) is 31.8. The average Bonchev–Trinajstić information content (AvgIpc) is 3.15. The number of pyridine rings is 3. The molecule has 1 aromatic carbocycles. The third kappa shape index (κ3) is 9.41. The molecular formula is C38H43Cl2N7O6. The summed E-state index contributed by atoms with van der Waals surface area (Å²) in [5, 5.41) is 19.4. The van der Waals surface area contributed by atoms with Crippen molar-refractivity contribution in [1.29, 1.82) is 0 Å². The van der Waals surface area contributed by atoms with Crippen LogP contribution in [0.3, 0.4) is 0 Å². The summed E-state index contributed by atoms with van der Waals surface area (Å²) in [4.78, 5) is 51.9. The highest BCUT2D eigenvalue weighted by molar-refractivity contribution is 6.39. The topological polar surface area (TPSA) is 168 Å². The highest BCUT2D eigenvalue weighted by Crippen LogP contribution is 2.40. The number of benzene rings is 1. The van der Waals surface area contributed by atoms with Crippen LogP contribution in [-0.4, -0.2) is 82.6 Å². The number of hydrogen-bond donors (Lipinski definition) is 4. The molecule has 5 rings (SSSR count). The molecular weight excluding hydrogens is 721 g/mol. The van der Waals surface area contributed by atoms with E-state index in [-0.39, 0.29) is 29.2 Å². The van der Waals surface area contributed by atoms with Crippen molar-refractivity contribution >= 4 is 46.7 Å². The monoisotopic (exact) mass is 763 g/mol. The number of amides is 2. The summed E-state index contributed by atoms with van der Waals surface area (Å²) in [7, 11) is 3.05. The van der Waals surface area contributed by atoms with Gasteiger partial charge in [0.1, 0.15) is 11.4 Å². The minimum Gasteiger partial charge on any atom is -0.496 e. The van der Waals surface area contributed by atoms with Gasteiger partial charge >= 0.3 is 5.97 Å². The molecule has 0 spiro atoms. The van der Waals surface area contributed by atoms with Gasteiger partial charge in [-0.1, -0.05) is 41.4 Å². The van der Waals surface area contributed by atoms with Crippen LogP contribution in [-0.2, 0) is 22.7 Å². The number of aliphatic carboxylic acids is 1. The molecule has 0 aliphatic carbocycles. The molecule has 1 fully saturated rings. The van der Waals surface area contributed by atoms with Gasteiger partial charge in [-0.25, -0.2) is 4.98 Å². The maximum absolute atomic E-state index is 13.3. The molecule has 280 valence electrons. The van der Waals surface area contributed by atoms with E-state index in [1.165, 1.54) is 19.4 Å². The van der Waals surface area contributed by atoms with Crippen LogP contribution >= 0.6 is 23.2 Å². The smallest absolute Gasteiger partial charge is 0.310 e. The largest absolute Gasteiger partial charge is 0.496 e. The quantitative estimate of drug-likeness (QED) is 0.117. The molecule has 4 N–H and O–H groups in total. The Morgan fingerprint density at radius 1 is 0.962 bits per heavy atom. The zero-order valence-electron chi connectivity index (χ0n) is 30.3. The number of halogens is 2. The molecule has 4 aromatic rings. The third-order valence-corrected chi connectivity index (χ3v) is 9.97. The normalized spacial score (nSPS) is 13.5. The number of ether oxygens (including phenoxy) is 2. The Labute approximate surface area is 318 Å². The van der Waals surface area contributed by atoms with Crippen LogP contribution in [0, 0.1) is 5.41 Å². The van der Waals surface area contributed by atoms with E-state index in [0.717, 1.165) is 31.5 Å². The van der Waals surface area contributed by atoms with Crippen LogP contribution < -0.4 is 25.4 Å². The van der Waals surface area contributed by atoms with Gasteiger partial charge in [-0.15, -0.1) is 0 Å². The number of nitrogens with one attached hydrogen (secondary N) is 3. The first-order valence-corrected chi connectivity index (χ1v) is 17.8. The fourth-order valence-electron chi connectivity index (χ4n) is 5.91. The Bertz CT molecular complexity index is 1980. The Morgan fingerprint density at radius 3 is 2.40 bits per heavy atom. The van der Waals surface area contributed by atoms with Crippen LogP contribution in [0.25, 0.3) is 22.5 Å². The van der Waals surface area contributed by atoms with Crippen LogP contribution in [0.2, 0.25) is 10.0 Å². The number of rotatable bonds is 14. The number of carboxylic acids is 1. The van der Waals surface area contributed by atoms with Crippen LogP contribution in [0.4, 0.5) is 5.69 Å². The second-order valence-corrected chi connectivity index (χ2v) is 14.1. The molecule has 0 saturated carbocycles. The number of piperidine rings is 1. The van der Waals surface area contributed by atoms with Gasteiger partial charge in [-0.2, -0.15) is 0 Å². The molecule has 3 aromatic heterocycles. The fraction of sp³-hybridized carbons (Fsp3) is 0.368. The van der Waals surface area contributed by atoms with Crippen molar-refractivity contribution < 1.29 is 29.0 Å². The van der Waals surface area contributed by atoms with Gasteiger partial charge in [0, 0.05) is 86.4 Å². The number of nitrogens with zero attached hydrogens (tertiary/aromatic N) is 4. The number of likely N-dealkylation sites (tertiary alicyclic amines) is 1. The standard InChI is InChI=1S/C38H43Cl2N7O6/c1-22(48)47-15-12-25(13-16-47)43-19-23-9-10-28(46-36(23)53-5)26-11-14-42-34(33(26)40)27-7-6-8-29(32(27)39)45-35(49)30-17-31(52-4)24(20-44-30)18-41-21-38(2,3)37(50)51/h6-11,14,17,20,25,41,43H,12-13,15-16,18-19,21H2,1-5H3,(H,45,49)(H,50,51). The second kappa shape index (κ2) is 17.3. The van der Waals surface area contributed by atoms with Crippen LogP contribution in [0.1, 0.15) is 55.2 Å². The number of aromatic nitrogens is 3. The van der Waals surface area contributed by atoms with Gasteiger partial charge in [-0.05, 0) is 44.9 Å². The Kier molecular flexibility index (Phi) is 12.9. The van der Waals surface area contributed by atoms with E-state index in [2.05, 4.69) is 25.9 Å². The number of anilines is 1. The first-order valence-electron chi connectivity index (χ1n) is 17.1. The van der Waals surface area contributed by atoms with Gasteiger partial charge in [0.15, 0.2) is 0 Å². The molecule has 0 atom stereocenters. The molecule has 53 heavy (non-hydrogen) atoms. The first-order chi connectivity index (χ1) is 25.3. The number of carboxylic acid groups (broad SMARTS) is 1. The summed E-state index contributed by atoms with van der Waals surface area (Å²) in [5.74, 6) is -0.449. The Balaban J connectivity index is 1.30. The summed E-state index contributed by atoms with van der Waals surface area (Å²) in [6.45, 7) is 7.41. The molecule has 0 bridgehead atoms. The molecule has 1 saturated heterocycles. The minimum absolute atomic E-state index is 0.0909. The van der Waals surface area contributed by atoms with Gasteiger partial charge < -0.3 is 35.4 Å². The lowest BCUT2D eigenvalue weighted by Crippen LogP contribution is -2.44. The van der Waals surface area contributed by atoms with Crippen molar-refractivity contribution in [2.45, 2.75) is 52.7 Å². The molecule has 13 nitrogen and oxygen atoms in total. The van der Waals surface area contributed by atoms with Crippen molar-refractivity contribution in [3.63, 3.8) is 0 Å². The number of carbonyl (C=O) groups is 3. The van der Waals surface area contributed by atoms with Crippen molar-refractivity contribution in [2.24, 2.45) is 5.41 Å². The number of carbonyl (C=O) groups excluding carboxylic acids is 2. The predicted molar refractivity (Wildman–Crippen MR) is 203 cm³/mol. The lowest BCUT2D eigenvalue weighted by Gasteiger charge is -2.31. The third-order valence-electron chi connectivity index (χ3n) is 9.18.